The second-order valence-corrected chi connectivity index (χ2v) is 7.54. The molecule has 1 aromatic rings. The number of carbonyl (C=O) groups excluding carboxylic acids is 2. The number of benzene rings is 1. The van der Waals surface area contributed by atoms with Gasteiger partial charge in [0.05, 0.1) is 10.5 Å². The number of esters is 1. The van der Waals surface area contributed by atoms with E-state index in [1.807, 2.05) is 25.7 Å². The molecule has 1 N–H and O–H groups in total. The molecule has 0 aliphatic carbocycles. The molecule has 0 radical (unpaired) electrons. The Morgan fingerprint density at radius 3 is 2.39 bits per heavy atom. The van der Waals surface area contributed by atoms with Crippen LogP contribution in [-0.4, -0.2) is 42.5 Å². The van der Waals surface area contributed by atoms with E-state index in [4.69, 9.17) is 4.74 Å². The van der Waals surface area contributed by atoms with Gasteiger partial charge in [-0.15, -0.1) is 0 Å². The van der Waals surface area contributed by atoms with Gasteiger partial charge in [0.2, 0.25) is 0 Å². The Kier molecular flexibility index (Phi) is 7.78. The van der Waals surface area contributed by atoms with E-state index in [0.717, 1.165) is 38.8 Å². The first kappa shape index (κ1) is 21.7. The normalized spacial score (nSPS) is 15.6. The van der Waals surface area contributed by atoms with Crippen molar-refractivity contribution >= 4 is 23.3 Å². The van der Waals surface area contributed by atoms with Crippen LogP contribution < -0.4 is 10.2 Å². The molecule has 0 spiro atoms. The van der Waals surface area contributed by atoms with Gasteiger partial charge in [-0.3, -0.25) is 14.9 Å². The van der Waals surface area contributed by atoms with Crippen LogP contribution >= 0.6 is 0 Å². The second kappa shape index (κ2) is 10.1. The predicted octanol–water partition coefficient (Wildman–Crippen LogP) is 3.29. The first-order valence-corrected chi connectivity index (χ1v) is 9.79. The van der Waals surface area contributed by atoms with E-state index in [2.05, 4.69) is 5.32 Å². The molecule has 0 unspecified atom stereocenters. The maximum absolute atomic E-state index is 12.2. The molecule has 8 heteroatoms. The molecule has 154 valence electrons. The van der Waals surface area contributed by atoms with E-state index in [1.54, 1.807) is 6.07 Å². The van der Waals surface area contributed by atoms with Gasteiger partial charge in [0.25, 0.3) is 11.6 Å². The molecule has 1 aromatic carbocycles. The van der Waals surface area contributed by atoms with Crippen LogP contribution in [0.3, 0.4) is 0 Å². The zero-order valence-electron chi connectivity index (χ0n) is 16.8. The van der Waals surface area contributed by atoms with E-state index < -0.39 is 23.4 Å². The van der Waals surface area contributed by atoms with Crippen LogP contribution in [0.1, 0.15) is 56.8 Å². The second-order valence-electron chi connectivity index (χ2n) is 7.54. The largest absolute Gasteiger partial charge is 0.452 e. The summed E-state index contributed by atoms with van der Waals surface area (Å²) in [6.07, 6.45) is 4.22. The number of ether oxygens (including phenoxy) is 1. The molecular formula is C20H29N3O5. The van der Waals surface area contributed by atoms with Gasteiger partial charge < -0.3 is 15.0 Å². The van der Waals surface area contributed by atoms with E-state index >= 15 is 0 Å². The maximum Gasteiger partial charge on any atom is 0.338 e. The van der Waals surface area contributed by atoms with Crippen molar-refractivity contribution in [1.29, 1.82) is 0 Å². The lowest BCUT2D eigenvalue weighted by Gasteiger charge is -2.22. The Morgan fingerprint density at radius 1 is 1.18 bits per heavy atom. The minimum Gasteiger partial charge on any atom is -0.452 e. The van der Waals surface area contributed by atoms with Crippen LogP contribution in [0.2, 0.25) is 0 Å². The number of amides is 1. The van der Waals surface area contributed by atoms with Crippen LogP contribution in [0.15, 0.2) is 18.2 Å². The Bertz CT molecular complexity index is 712. The molecular weight excluding hydrogens is 362 g/mol. The van der Waals surface area contributed by atoms with Gasteiger partial charge in [-0.1, -0.05) is 26.7 Å². The number of nitrogens with one attached hydrogen (secondary N) is 1. The van der Waals surface area contributed by atoms with Crippen LogP contribution in [0, 0.1) is 16.0 Å². The number of anilines is 1. The summed E-state index contributed by atoms with van der Waals surface area (Å²) in [5, 5.41) is 14.3. The summed E-state index contributed by atoms with van der Waals surface area (Å²) in [6.45, 7) is 6.93. The molecule has 1 saturated heterocycles. The van der Waals surface area contributed by atoms with Crippen LogP contribution in [0.5, 0.6) is 0 Å². The van der Waals surface area contributed by atoms with Crippen molar-refractivity contribution in [3.8, 4) is 0 Å². The molecule has 28 heavy (non-hydrogen) atoms. The minimum absolute atomic E-state index is 0.0415. The van der Waals surface area contributed by atoms with Gasteiger partial charge >= 0.3 is 5.97 Å². The highest BCUT2D eigenvalue weighted by Crippen LogP contribution is 2.31. The summed E-state index contributed by atoms with van der Waals surface area (Å²) in [4.78, 5) is 37.2. The number of carbonyl (C=O) groups is 2. The Labute approximate surface area is 165 Å². The standard InChI is InChI=1S/C20H29N3O5/c1-14(2)15(3)21-19(24)13-28-20(25)16-8-9-17(18(12-16)23(26)27)22-10-6-4-5-7-11-22/h8-9,12,14-15H,4-7,10-11,13H2,1-3H3,(H,21,24)/t15-/m1/s1. The van der Waals surface area contributed by atoms with Gasteiger partial charge in [0.1, 0.15) is 5.69 Å². The molecule has 1 atom stereocenters. The molecule has 0 saturated carbocycles. The fraction of sp³-hybridized carbons (Fsp3) is 0.600. The number of nitrogens with zero attached hydrogens (tertiary/aromatic N) is 2. The number of nitro groups is 1. The fourth-order valence-corrected chi connectivity index (χ4v) is 3.05. The van der Waals surface area contributed by atoms with E-state index in [9.17, 15) is 19.7 Å². The summed E-state index contributed by atoms with van der Waals surface area (Å²) in [5.41, 5.74) is 0.469. The van der Waals surface area contributed by atoms with Gasteiger partial charge in [-0.25, -0.2) is 4.79 Å². The Morgan fingerprint density at radius 2 is 1.82 bits per heavy atom. The summed E-state index contributed by atoms with van der Waals surface area (Å²) in [5.74, 6) is -0.892. The number of nitro benzene ring substituents is 1. The summed E-state index contributed by atoms with van der Waals surface area (Å²) < 4.78 is 5.02. The predicted molar refractivity (Wildman–Crippen MR) is 107 cm³/mol. The zero-order chi connectivity index (χ0) is 20.7. The average molecular weight is 391 g/mol. The third kappa shape index (κ3) is 5.94. The third-order valence-corrected chi connectivity index (χ3v) is 5.08. The smallest absolute Gasteiger partial charge is 0.338 e. The van der Waals surface area contributed by atoms with E-state index in [-0.39, 0.29) is 23.2 Å². The Hall–Kier alpha value is -2.64. The number of hydrogen-bond acceptors (Lipinski definition) is 6. The first-order chi connectivity index (χ1) is 13.3. The molecule has 8 nitrogen and oxygen atoms in total. The van der Waals surface area contributed by atoms with Gasteiger partial charge in [0.15, 0.2) is 6.61 Å². The van der Waals surface area contributed by atoms with Crippen molar-refractivity contribution in [2.45, 2.75) is 52.5 Å². The molecule has 0 aromatic heterocycles. The highest BCUT2D eigenvalue weighted by Gasteiger charge is 2.23. The first-order valence-electron chi connectivity index (χ1n) is 9.79. The SMILES string of the molecule is CC(C)[C@@H](C)NC(=O)COC(=O)c1ccc(N2CCCCCC2)c([N+](=O)[O-])c1. The van der Waals surface area contributed by atoms with E-state index in [0.29, 0.717) is 5.69 Å². The van der Waals surface area contributed by atoms with Crippen molar-refractivity contribution in [3.63, 3.8) is 0 Å². The highest BCUT2D eigenvalue weighted by atomic mass is 16.6. The number of hydrogen-bond donors (Lipinski definition) is 1. The van der Waals surface area contributed by atoms with Gasteiger partial charge in [-0.2, -0.15) is 0 Å². The molecule has 1 amide bonds. The zero-order valence-corrected chi connectivity index (χ0v) is 16.8. The summed E-state index contributed by atoms with van der Waals surface area (Å²) >= 11 is 0. The lowest BCUT2D eigenvalue weighted by Crippen LogP contribution is -2.38. The van der Waals surface area contributed by atoms with Crippen molar-refractivity contribution in [3.05, 3.63) is 33.9 Å². The maximum atomic E-state index is 12.2. The van der Waals surface area contributed by atoms with Gasteiger partial charge in [0, 0.05) is 25.2 Å². The third-order valence-electron chi connectivity index (χ3n) is 5.08. The quantitative estimate of drug-likeness (QED) is 0.435. The van der Waals surface area contributed by atoms with Crippen molar-refractivity contribution in [1.82, 2.24) is 5.32 Å². The average Bonchev–Trinajstić information content (AvgIpc) is 2.94. The molecule has 1 aliphatic rings. The Balaban J connectivity index is 2.07. The van der Waals surface area contributed by atoms with Crippen LogP contribution in [0.25, 0.3) is 0 Å². The van der Waals surface area contributed by atoms with E-state index in [1.165, 1.54) is 12.1 Å². The topological polar surface area (TPSA) is 102 Å². The van der Waals surface area contributed by atoms with Crippen molar-refractivity contribution < 1.29 is 19.2 Å². The van der Waals surface area contributed by atoms with Gasteiger partial charge in [-0.05, 0) is 37.8 Å². The summed E-state index contributed by atoms with van der Waals surface area (Å²) in [7, 11) is 0. The lowest BCUT2D eigenvalue weighted by atomic mass is 10.1. The summed E-state index contributed by atoms with van der Waals surface area (Å²) in [6, 6.07) is 4.31. The lowest BCUT2D eigenvalue weighted by molar-refractivity contribution is -0.384. The molecule has 1 heterocycles. The molecule has 0 bridgehead atoms. The fourth-order valence-electron chi connectivity index (χ4n) is 3.05. The monoisotopic (exact) mass is 391 g/mol. The van der Waals surface area contributed by atoms with Crippen LogP contribution in [0.4, 0.5) is 11.4 Å². The van der Waals surface area contributed by atoms with Crippen molar-refractivity contribution in [2.75, 3.05) is 24.6 Å². The molecule has 2 rings (SSSR count). The minimum atomic E-state index is -0.752. The van der Waals surface area contributed by atoms with Crippen LogP contribution in [-0.2, 0) is 9.53 Å². The highest BCUT2D eigenvalue weighted by molar-refractivity contribution is 5.93. The molecule has 1 fully saturated rings. The molecule has 1 aliphatic heterocycles. The van der Waals surface area contributed by atoms with Crippen molar-refractivity contribution in [2.24, 2.45) is 5.92 Å². The number of rotatable bonds is 7.